The molecule has 0 aromatic heterocycles. The van der Waals surface area contributed by atoms with Crippen molar-refractivity contribution in [3.8, 4) is 0 Å². The molecule has 0 unspecified atom stereocenters. The average Bonchev–Trinajstić information content (AvgIpc) is 2.15. The number of carbonyl (C=O) groups excluding carboxylic acids is 1. The van der Waals surface area contributed by atoms with E-state index < -0.39 is 8.07 Å². The highest BCUT2D eigenvalue weighted by Gasteiger charge is 2.22. The highest BCUT2D eigenvalue weighted by molar-refractivity contribution is 6.88. The fraction of sp³-hybridized carbons (Fsp3) is 0.417. The lowest BCUT2D eigenvalue weighted by atomic mass is 10.2. The Morgan fingerprint density at radius 3 is 2.35 bits per heavy atom. The molecular formula is C12H19FN2OSi. The molecule has 0 saturated heterocycles. The molecule has 0 saturated carbocycles. The second-order valence-corrected chi connectivity index (χ2v) is 10.3. The Labute approximate surface area is 103 Å². The first-order valence-electron chi connectivity index (χ1n) is 5.50. The molecule has 0 fully saturated rings. The average molecular weight is 254 g/mol. The third kappa shape index (κ3) is 3.64. The molecule has 0 aliphatic carbocycles. The lowest BCUT2D eigenvalue weighted by molar-refractivity contribution is 0.0857. The van der Waals surface area contributed by atoms with Crippen molar-refractivity contribution in [1.82, 2.24) is 10.4 Å². The van der Waals surface area contributed by atoms with Crippen molar-refractivity contribution in [1.29, 1.82) is 0 Å². The van der Waals surface area contributed by atoms with Crippen molar-refractivity contribution >= 4 is 19.2 Å². The maximum Gasteiger partial charge on any atom is 0.265 e. The van der Waals surface area contributed by atoms with Crippen LogP contribution in [0.5, 0.6) is 0 Å². The van der Waals surface area contributed by atoms with E-state index in [0.29, 0.717) is 10.8 Å². The van der Waals surface area contributed by atoms with Gasteiger partial charge in [-0.2, -0.15) is 0 Å². The number of halogens is 1. The molecule has 1 rings (SSSR count). The van der Waals surface area contributed by atoms with E-state index in [1.165, 1.54) is 12.1 Å². The highest BCUT2D eigenvalue weighted by atomic mass is 28.3. The first-order chi connectivity index (χ1) is 7.71. The second kappa shape index (κ2) is 4.97. The molecule has 0 bridgehead atoms. The van der Waals surface area contributed by atoms with Gasteiger partial charge in [0.05, 0.1) is 8.07 Å². The highest BCUT2D eigenvalue weighted by Crippen LogP contribution is 2.09. The molecule has 5 heteroatoms. The third-order valence-electron chi connectivity index (χ3n) is 2.36. The minimum Gasteiger partial charge on any atom is -0.285 e. The standard InChI is InChI=1S/C12H19FN2OSi/c1-15(2)14-12(16)9-6-7-10(13)11(8-9)17(3,4)5/h6-8H,1-5H3,(H,14,16). The van der Waals surface area contributed by atoms with E-state index in [4.69, 9.17) is 0 Å². The summed E-state index contributed by atoms with van der Waals surface area (Å²) in [7, 11) is 1.71. The second-order valence-electron chi connectivity index (χ2n) is 5.28. The maximum atomic E-state index is 13.7. The summed E-state index contributed by atoms with van der Waals surface area (Å²) in [6, 6.07) is 4.55. The van der Waals surface area contributed by atoms with Gasteiger partial charge >= 0.3 is 0 Å². The SMILES string of the molecule is CN(C)NC(=O)c1ccc(F)c([Si](C)(C)C)c1. The summed E-state index contributed by atoms with van der Waals surface area (Å²) >= 11 is 0. The quantitative estimate of drug-likeness (QED) is 0.656. The van der Waals surface area contributed by atoms with Crippen LogP contribution in [-0.2, 0) is 0 Å². The largest absolute Gasteiger partial charge is 0.285 e. The Kier molecular flexibility index (Phi) is 4.06. The smallest absolute Gasteiger partial charge is 0.265 e. The van der Waals surface area contributed by atoms with Crippen molar-refractivity contribution in [2.75, 3.05) is 14.1 Å². The number of hydrogen-bond donors (Lipinski definition) is 1. The molecule has 0 atom stereocenters. The van der Waals surface area contributed by atoms with Gasteiger partial charge < -0.3 is 0 Å². The first kappa shape index (κ1) is 13.9. The summed E-state index contributed by atoms with van der Waals surface area (Å²) in [6.45, 7) is 6.16. The van der Waals surface area contributed by atoms with Crippen LogP contribution in [0, 0.1) is 5.82 Å². The van der Waals surface area contributed by atoms with Crippen LogP contribution in [0.25, 0.3) is 0 Å². The Hall–Kier alpha value is -1.20. The van der Waals surface area contributed by atoms with E-state index >= 15 is 0 Å². The van der Waals surface area contributed by atoms with Gasteiger partial charge in [0.1, 0.15) is 5.82 Å². The molecular weight excluding hydrogens is 235 g/mol. The summed E-state index contributed by atoms with van der Waals surface area (Å²) in [5.41, 5.74) is 3.14. The minimum absolute atomic E-state index is 0.213. The Balaban J connectivity index is 3.09. The Morgan fingerprint density at radius 2 is 1.88 bits per heavy atom. The molecule has 0 aliphatic heterocycles. The van der Waals surface area contributed by atoms with Gasteiger partial charge in [-0.25, -0.2) is 9.40 Å². The molecule has 0 spiro atoms. The Morgan fingerprint density at radius 1 is 1.29 bits per heavy atom. The summed E-state index contributed by atoms with van der Waals surface area (Å²) in [5.74, 6) is -0.430. The van der Waals surface area contributed by atoms with Crippen molar-refractivity contribution in [2.45, 2.75) is 19.6 Å². The van der Waals surface area contributed by atoms with Gasteiger partial charge in [0.15, 0.2) is 0 Å². The number of benzene rings is 1. The predicted octanol–water partition coefficient (Wildman–Crippen LogP) is 1.58. The lowest BCUT2D eigenvalue weighted by Gasteiger charge is -2.19. The number of hydrogen-bond acceptors (Lipinski definition) is 2. The van der Waals surface area contributed by atoms with Crippen LogP contribution in [0.2, 0.25) is 19.6 Å². The third-order valence-corrected chi connectivity index (χ3v) is 4.36. The molecule has 1 N–H and O–H groups in total. The molecule has 0 radical (unpaired) electrons. The molecule has 0 aliphatic rings. The van der Waals surface area contributed by atoms with E-state index in [1.54, 1.807) is 25.2 Å². The summed E-state index contributed by atoms with van der Waals surface area (Å²) in [5, 5.41) is 2.25. The van der Waals surface area contributed by atoms with Crippen LogP contribution in [0.4, 0.5) is 4.39 Å². The van der Waals surface area contributed by atoms with Crippen LogP contribution in [0.1, 0.15) is 10.4 Å². The maximum absolute atomic E-state index is 13.7. The van der Waals surface area contributed by atoms with Crippen molar-refractivity contribution < 1.29 is 9.18 Å². The fourth-order valence-corrected chi connectivity index (χ4v) is 2.90. The van der Waals surface area contributed by atoms with Gasteiger partial charge in [0, 0.05) is 19.7 Å². The summed E-state index contributed by atoms with van der Waals surface area (Å²) < 4.78 is 13.7. The fourth-order valence-electron chi connectivity index (χ4n) is 1.51. The van der Waals surface area contributed by atoms with Gasteiger partial charge in [-0.1, -0.05) is 19.6 Å². The van der Waals surface area contributed by atoms with Gasteiger partial charge in [-0.3, -0.25) is 10.2 Å². The van der Waals surface area contributed by atoms with E-state index in [-0.39, 0.29) is 11.7 Å². The normalized spacial score (nSPS) is 11.7. The minimum atomic E-state index is -1.76. The topological polar surface area (TPSA) is 32.3 Å². The number of rotatable bonds is 3. The van der Waals surface area contributed by atoms with Crippen molar-refractivity contribution in [2.24, 2.45) is 0 Å². The Bertz CT molecular complexity index is 427. The number of nitrogens with zero attached hydrogens (tertiary/aromatic N) is 1. The van der Waals surface area contributed by atoms with E-state index in [9.17, 15) is 9.18 Å². The lowest BCUT2D eigenvalue weighted by Crippen LogP contribution is -2.42. The van der Waals surface area contributed by atoms with Crippen LogP contribution in [0.15, 0.2) is 18.2 Å². The molecule has 1 aromatic carbocycles. The van der Waals surface area contributed by atoms with Gasteiger partial charge in [-0.05, 0) is 23.4 Å². The molecule has 3 nitrogen and oxygen atoms in total. The number of carbonyl (C=O) groups is 1. The van der Waals surface area contributed by atoms with E-state index in [0.717, 1.165) is 0 Å². The predicted molar refractivity (Wildman–Crippen MR) is 70.5 cm³/mol. The van der Waals surface area contributed by atoms with Crippen molar-refractivity contribution in [3.63, 3.8) is 0 Å². The monoisotopic (exact) mass is 254 g/mol. The van der Waals surface area contributed by atoms with Crippen LogP contribution < -0.4 is 10.6 Å². The number of nitrogens with one attached hydrogen (secondary N) is 1. The zero-order valence-corrected chi connectivity index (χ0v) is 12.0. The number of amides is 1. The zero-order chi connectivity index (χ0) is 13.2. The zero-order valence-electron chi connectivity index (χ0n) is 11.0. The van der Waals surface area contributed by atoms with E-state index in [2.05, 4.69) is 25.1 Å². The molecule has 1 amide bonds. The first-order valence-corrected chi connectivity index (χ1v) is 9.00. The van der Waals surface area contributed by atoms with Crippen LogP contribution in [-0.4, -0.2) is 33.1 Å². The van der Waals surface area contributed by atoms with Gasteiger partial charge in [0.25, 0.3) is 5.91 Å². The number of hydrazine groups is 1. The summed E-state index contributed by atoms with van der Waals surface area (Å²) in [6.07, 6.45) is 0. The molecule has 17 heavy (non-hydrogen) atoms. The molecule has 1 aromatic rings. The molecule has 0 heterocycles. The van der Waals surface area contributed by atoms with Gasteiger partial charge in [0.2, 0.25) is 0 Å². The van der Waals surface area contributed by atoms with Crippen molar-refractivity contribution in [3.05, 3.63) is 29.6 Å². The van der Waals surface area contributed by atoms with Crippen LogP contribution >= 0.6 is 0 Å². The van der Waals surface area contributed by atoms with E-state index in [1.807, 2.05) is 0 Å². The molecule has 94 valence electrons. The van der Waals surface area contributed by atoms with Crippen LogP contribution in [0.3, 0.4) is 0 Å². The summed E-state index contributed by atoms with van der Waals surface area (Å²) in [4.78, 5) is 11.8. The van der Waals surface area contributed by atoms with Gasteiger partial charge in [-0.15, -0.1) is 0 Å².